The van der Waals surface area contributed by atoms with Crippen LogP contribution in [-0.2, 0) is 27.9 Å². The van der Waals surface area contributed by atoms with Gasteiger partial charge in [-0.15, -0.1) is 0 Å². The fourth-order valence-electron chi connectivity index (χ4n) is 1.60. The maximum Gasteiger partial charge on any atom is 0.160 e. The van der Waals surface area contributed by atoms with E-state index in [1.54, 1.807) is 7.05 Å². The number of rotatable bonds is 2. The standard InChI is InChI=1S/C8H12N4O2S/c1-10-2-7-11-6-4-15(13,14)3-5(6)8(9)12-7/h10H,2-4H2,1H3,(H2,9,11,12). The zero-order chi connectivity index (χ0) is 11.1. The molecule has 0 saturated heterocycles. The molecule has 1 aliphatic heterocycles. The molecule has 1 aromatic rings. The molecule has 1 aromatic heterocycles. The molecule has 0 saturated carbocycles. The maximum absolute atomic E-state index is 11.4. The third-order valence-electron chi connectivity index (χ3n) is 2.23. The Hall–Kier alpha value is -1.21. The van der Waals surface area contributed by atoms with E-state index in [4.69, 9.17) is 5.73 Å². The van der Waals surface area contributed by atoms with E-state index >= 15 is 0 Å². The van der Waals surface area contributed by atoms with E-state index in [9.17, 15) is 8.42 Å². The van der Waals surface area contributed by atoms with Crippen molar-refractivity contribution in [1.29, 1.82) is 0 Å². The molecule has 6 nitrogen and oxygen atoms in total. The molecule has 0 fully saturated rings. The van der Waals surface area contributed by atoms with Crippen molar-refractivity contribution < 1.29 is 8.42 Å². The van der Waals surface area contributed by atoms with Gasteiger partial charge < -0.3 is 11.1 Å². The first-order valence-electron chi connectivity index (χ1n) is 4.51. The van der Waals surface area contributed by atoms with Crippen LogP contribution in [0.5, 0.6) is 0 Å². The summed E-state index contributed by atoms with van der Waals surface area (Å²) in [6.07, 6.45) is 0. The molecule has 82 valence electrons. The summed E-state index contributed by atoms with van der Waals surface area (Å²) in [4.78, 5) is 8.21. The SMILES string of the molecule is CNCc1nc(N)c2c(n1)CS(=O)(=O)C2. The highest BCUT2D eigenvalue weighted by Crippen LogP contribution is 2.26. The monoisotopic (exact) mass is 228 g/mol. The van der Waals surface area contributed by atoms with E-state index < -0.39 is 9.84 Å². The molecule has 2 rings (SSSR count). The summed E-state index contributed by atoms with van der Waals surface area (Å²) in [5, 5.41) is 2.89. The first kappa shape index (κ1) is 10.3. The molecule has 0 unspecified atom stereocenters. The van der Waals surface area contributed by atoms with Gasteiger partial charge >= 0.3 is 0 Å². The van der Waals surface area contributed by atoms with Crippen molar-refractivity contribution in [2.24, 2.45) is 0 Å². The van der Waals surface area contributed by atoms with Crippen molar-refractivity contribution in [3.05, 3.63) is 17.1 Å². The van der Waals surface area contributed by atoms with Crippen LogP contribution in [0.4, 0.5) is 5.82 Å². The van der Waals surface area contributed by atoms with Crippen LogP contribution in [0.1, 0.15) is 17.1 Å². The van der Waals surface area contributed by atoms with E-state index in [0.29, 0.717) is 23.6 Å². The summed E-state index contributed by atoms with van der Waals surface area (Å²) in [5.74, 6) is 0.761. The van der Waals surface area contributed by atoms with Crippen molar-refractivity contribution >= 4 is 15.7 Å². The summed E-state index contributed by atoms with van der Waals surface area (Å²) in [7, 11) is -1.30. The first-order valence-corrected chi connectivity index (χ1v) is 6.33. The minimum atomic E-state index is -3.06. The predicted octanol–water partition coefficient (Wildman–Crippen LogP) is -0.793. The molecule has 0 aliphatic carbocycles. The second kappa shape index (κ2) is 3.42. The topological polar surface area (TPSA) is 98.0 Å². The Labute approximate surface area is 87.8 Å². The van der Waals surface area contributed by atoms with Gasteiger partial charge in [-0.25, -0.2) is 18.4 Å². The highest BCUT2D eigenvalue weighted by Gasteiger charge is 2.29. The van der Waals surface area contributed by atoms with Gasteiger partial charge in [-0.1, -0.05) is 0 Å². The van der Waals surface area contributed by atoms with E-state index in [0.717, 1.165) is 0 Å². The maximum atomic E-state index is 11.4. The smallest absolute Gasteiger partial charge is 0.160 e. The number of fused-ring (bicyclic) bond motifs is 1. The quantitative estimate of drug-likeness (QED) is 0.688. The van der Waals surface area contributed by atoms with E-state index in [1.807, 2.05) is 0 Å². The highest BCUT2D eigenvalue weighted by molar-refractivity contribution is 7.90. The van der Waals surface area contributed by atoms with Crippen LogP contribution in [0.15, 0.2) is 0 Å². The number of nitrogens with two attached hydrogens (primary N) is 1. The lowest BCUT2D eigenvalue weighted by Crippen LogP contribution is -2.12. The largest absolute Gasteiger partial charge is 0.383 e. The number of aromatic nitrogens is 2. The van der Waals surface area contributed by atoms with Crippen LogP contribution in [0.2, 0.25) is 0 Å². The molecule has 7 heteroatoms. The molecule has 0 radical (unpaired) electrons. The zero-order valence-electron chi connectivity index (χ0n) is 8.32. The molecule has 0 amide bonds. The van der Waals surface area contributed by atoms with Gasteiger partial charge in [-0.2, -0.15) is 0 Å². The average Bonchev–Trinajstić information content (AvgIpc) is 2.41. The molecule has 0 bridgehead atoms. The van der Waals surface area contributed by atoms with Crippen LogP contribution in [0.3, 0.4) is 0 Å². The number of nitrogens with one attached hydrogen (secondary N) is 1. The van der Waals surface area contributed by atoms with Gasteiger partial charge in [0.1, 0.15) is 11.6 Å². The van der Waals surface area contributed by atoms with Crippen molar-refractivity contribution in [1.82, 2.24) is 15.3 Å². The van der Waals surface area contributed by atoms with Gasteiger partial charge in [-0.3, -0.25) is 0 Å². The molecule has 0 atom stereocenters. The lowest BCUT2D eigenvalue weighted by molar-refractivity contribution is 0.597. The van der Waals surface area contributed by atoms with Crippen molar-refractivity contribution in [3.63, 3.8) is 0 Å². The van der Waals surface area contributed by atoms with E-state index in [-0.39, 0.29) is 17.3 Å². The molecule has 0 spiro atoms. The molecule has 3 N–H and O–H groups in total. The average molecular weight is 228 g/mol. The second-order valence-corrected chi connectivity index (χ2v) is 5.58. The van der Waals surface area contributed by atoms with Crippen molar-refractivity contribution in [2.45, 2.75) is 18.1 Å². The molecular weight excluding hydrogens is 216 g/mol. The van der Waals surface area contributed by atoms with Gasteiger partial charge in [0.25, 0.3) is 0 Å². The molecular formula is C8H12N4O2S. The summed E-state index contributed by atoms with van der Waals surface area (Å²) in [6.45, 7) is 0.484. The number of nitrogens with zero attached hydrogens (tertiary/aromatic N) is 2. The third kappa shape index (κ3) is 1.93. The predicted molar refractivity (Wildman–Crippen MR) is 55.5 cm³/mol. The highest BCUT2D eigenvalue weighted by atomic mass is 32.2. The lowest BCUT2D eigenvalue weighted by atomic mass is 10.2. The van der Waals surface area contributed by atoms with Crippen LogP contribution in [0.25, 0.3) is 0 Å². The van der Waals surface area contributed by atoms with Crippen molar-refractivity contribution in [3.8, 4) is 0 Å². The normalized spacial score (nSPS) is 17.7. The Morgan fingerprint density at radius 1 is 1.40 bits per heavy atom. The summed E-state index contributed by atoms with van der Waals surface area (Å²) < 4.78 is 22.7. The van der Waals surface area contributed by atoms with Gasteiger partial charge in [0.2, 0.25) is 0 Å². The Morgan fingerprint density at radius 2 is 2.13 bits per heavy atom. The Balaban J connectivity index is 2.46. The summed E-state index contributed by atoms with van der Waals surface area (Å²) >= 11 is 0. The zero-order valence-corrected chi connectivity index (χ0v) is 9.13. The van der Waals surface area contributed by atoms with Gasteiger partial charge in [-0.05, 0) is 7.05 Å². The minimum Gasteiger partial charge on any atom is -0.383 e. The Morgan fingerprint density at radius 3 is 2.80 bits per heavy atom. The lowest BCUT2D eigenvalue weighted by Gasteiger charge is -2.04. The first-order chi connectivity index (χ1) is 7.02. The number of nitrogen functional groups attached to an aromatic ring is 1. The third-order valence-corrected chi connectivity index (χ3v) is 3.67. The molecule has 2 heterocycles. The van der Waals surface area contributed by atoms with Crippen LogP contribution in [0, 0.1) is 0 Å². The van der Waals surface area contributed by atoms with Crippen LogP contribution < -0.4 is 11.1 Å². The minimum absolute atomic E-state index is 0.0221. The fourth-order valence-corrected chi connectivity index (χ4v) is 3.11. The van der Waals surface area contributed by atoms with Gasteiger partial charge in [0.05, 0.1) is 23.7 Å². The summed E-state index contributed by atoms with van der Waals surface area (Å²) in [5.41, 5.74) is 6.79. The molecule has 0 aromatic carbocycles. The second-order valence-electron chi connectivity index (χ2n) is 3.51. The van der Waals surface area contributed by atoms with Crippen LogP contribution >= 0.6 is 0 Å². The van der Waals surface area contributed by atoms with Crippen LogP contribution in [-0.4, -0.2) is 25.4 Å². The van der Waals surface area contributed by atoms with Gasteiger partial charge in [0.15, 0.2) is 9.84 Å². The summed E-state index contributed by atoms with van der Waals surface area (Å²) in [6, 6.07) is 0. The Bertz CT molecular complexity index is 498. The fraction of sp³-hybridized carbons (Fsp3) is 0.500. The van der Waals surface area contributed by atoms with E-state index in [2.05, 4.69) is 15.3 Å². The molecule has 1 aliphatic rings. The van der Waals surface area contributed by atoms with E-state index in [1.165, 1.54) is 0 Å². The van der Waals surface area contributed by atoms with Gasteiger partial charge in [0, 0.05) is 5.56 Å². The molecule has 15 heavy (non-hydrogen) atoms. The number of anilines is 1. The number of hydrogen-bond acceptors (Lipinski definition) is 6. The Kier molecular flexibility index (Phi) is 2.35. The number of hydrogen-bond donors (Lipinski definition) is 2. The van der Waals surface area contributed by atoms with Crippen molar-refractivity contribution in [2.75, 3.05) is 12.8 Å². The number of sulfone groups is 1.